The Hall–Kier alpha value is -4.67. The number of hydrogen-bond acceptors (Lipinski definition) is 7. The minimum Gasteiger partial charge on any atom is -0.497 e. The van der Waals surface area contributed by atoms with Crippen LogP contribution in [0.25, 0.3) is 16.9 Å². The number of piperidine rings is 1. The SMILES string of the molecule is COc1ccc(CN(Cc2cn(-c3ccc(N4CCCCC4=O)cc3)nc2-c2ccncc2)C(=O)c2ccc(Cl)s2)c(OC)c1. The molecule has 0 saturated carbocycles. The summed E-state index contributed by atoms with van der Waals surface area (Å²) in [6, 6.07) is 20.7. The van der Waals surface area contributed by atoms with Crippen LogP contribution in [0.2, 0.25) is 4.34 Å². The normalized spacial score (nSPS) is 13.1. The molecule has 11 heteroatoms. The van der Waals surface area contributed by atoms with E-state index in [1.54, 1.807) is 43.6 Å². The minimum atomic E-state index is -0.159. The molecule has 3 aromatic heterocycles. The lowest BCUT2D eigenvalue weighted by atomic mass is 10.1. The molecular weight excluding hydrogens is 610 g/mol. The van der Waals surface area contributed by atoms with Crippen molar-refractivity contribution in [2.24, 2.45) is 0 Å². The summed E-state index contributed by atoms with van der Waals surface area (Å²) in [7, 11) is 3.20. The maximum absolute atomic E-state index is 14.0. The van der Waals surface area contributed by atoms with Crippen LogP contribution >= 0.6 is 22.9 Å². The van der Waals surface area contributed by atoms with Crippen LogP contribution in [0.15, 0.2) is 85.3 Å². The van der Waals surface area contributed by atoms with E-state index in [2.05, 4.69) is 4.98 Å². The maximum atomic E-state index is 14.0. The molecule has 0 spiro atoms. The molecule has 1 aliphatic rings. The van der Waals surface area contributed by atoms with Crippen molar-refractivity contribution in [3.8, 4) is 28.4 Å². The van der Waals surface area contributed by atoms with E-state index in [0.717, 1.165) is 53.1 Å². The molecule has 2 aromatic carbocycles. The van der Waals surface area contributed by atoms with Crippen molar-refractivity contribution >= 4 is 40.4 Å². The van der Waals surface area contributed by atoms with E-state index >= 15 is 0 Å². The van der Waals surface area contributed by atoms with Crippen molar-refractivity contribution in [2.45, 2.75) is 32.4 Å². The Bertz CT molecular complexity index is 1810. The number of amides is 2. The summed E-state index contributed by atoms with van der Waals surface area (Å²) in [5, 5.41) is 4.97. The van der Waals surface area contributed by atoms with Gasteiger partial charge in [-0.15, -0.1) is 11.3 Å². The molecule has 230 valence electrons. The van der Waals surface area contributed by atoms with Crippen LogP contribution in [-0.4, -0.2) is 52.2 Å². The number of pyridine rings is 1. The van der Waals surface area contributed by atoms with Crippen LogP contribution in [0.3, 0.4) is 0 Å². The number of nitrogens with zero attached hydrogens (tertiary/aromatic N) is 5. The molecule has 9 nitrogen and oxygen atoms in total. The zero-order chi connectivity index (χ0) is 31.3. The van der Waals surface area contributed by atoms with Crippen LogP contribution < -0.4 is 14.4 Å². The number of rotatable bonds is 10. The molecule has 0 N–H and O–H groups in total. The number of halogens is 1. The largest absolute Gasteiger partial charge is 0.497 e. The van der Waals surface area contributed by atoms with E-state index in [4.69, 9.17) is 26.2 Å². The summed E-state index contributed by atoms with van der Waals surface area (Å²) in [6.07, 6.45) is 7.91. The van der Waals surface area contributed by atoms with Crippen LogP contribution in [-0.2, 0) is 17.9 Å². The highest BCUT2D eigenvalue weighted by molar-refractivity contribution is 7.17. The van der Waals surface area contributed by atoms with E-state index in [-0.39, 0.29) is 24.9 Å². The minimum absolute atomic E-state index is 0.153. The molecule has 0 unspecified atom stereocenters. The fourth-order valence-electron chi connectivity index (χ4n) is 5.45. The highest BCUT2D eigenvalue weighted by Gasteiger charge is 2.24. The van der Waals surface area contributed by atoms with Crippen molar-refractivity contribution in [1.29, 1.82) is 0 Å². The predicted octanol–water partition coefficient (Wildman–Crippen LogP) is 7.03. The Morgan fingerprint density at radius 1 is 0.933 bits per heavy atom. The topological polar surface area (TPSA) is 89.8 Å². The van der Waals surface area contributed by atoms with Gasteiger partial charge in [0, 0.05) is 60.0 Å². The number of benzene rings is 2. The first-order valence-electron chi connectivity index (χ1n) is 14.6. The van der Waals surface area contributed by atoms with Crippen molar-refractivity contribution in [2.75, 3.05) is 25.7 Å². The molecule has 1 saturated heterocycles. The molecule has 0 atom stereocenters. The molecule has 45 heavy (non-hydrogen) atoms. The number of carbonyl (C=O) groups excluding carboxylic acids is 2. The second-order valence-electron chi connectivity index (χ2n) is 10.6. The van der Waals surface area contributed by atoms with Crippen molar-refractivity contribution < 1.29 is 19.1 Å². The zero-order valence-electron chi connectivity index (χ0n) is 25.0. The number of anilines is 1. The Labute approximate surface area is 270 Å². The van der Waals surface area contributed by atoms with Gasteiger partial charge in [-0.3, -0.25) is 14.6 Å². The molecular formula is C34H32ClN5O4S. The lowest BCUT2D eigenvalue weighted by Crippen LogP contribution is -2.35. The number of hydrogen-bond donors (Lipinski definition) is 0. The summed E-state index contributed by atoms with van der Waals surface area (Å²) >= 11 is 7.47. The number of carbonyl (C=O) groups is 2. The number of thiophene rings is 1. The number of methoxy groups -OCH3 is 2. The first-order chi connectivity index (χ1) is 21.9. The van der Waals surface area contributed by atoms with Gasteiger partial charge in [0.25, 0.3) is 5.91 Å². The zero-order valence-corrected chi connectivity index (χ0v) is 26.6. The Morgan fingerprint density at radius 3 is 2.38 bits per heavy atom. The van der Waals surface area contributed by atoms with Gasteiger partial charge in [0.05, 0.1) is 47.9 Å². The number of ether oxygens (including phenoxy) is 2. The van der Waals surface area contributed by atoms with E-state index in [1.807, 2.05) is 70.4 Å². The van der Waals surface area contributed by atoms with Gasteiger partial charge < -0.3 is 19.3 Å². The standard InChI is InChI=1S/C34H32ClN5O4S/c1-43-28-11-6-24(29(19-28)44-2)20-38(34(42)30-12-13-31(35)45-30)21-25-22-40(37-33(25)23-14-16-36-17-15-23)27-9-7-26(8-10-27)39-18-4-3-5-32(39)41/h6-17,19,22H,3-5,18,20-21H2,1-2H3. The molecule has 5 aromatic rings. The molecule has 2 amide bonds. The smallest absolute Gasteiger partial charge is 0.264 e. The average molecular weight is 642 g/mol. The van der Waals surface area contributed by atoms with Crippen LogP contribution in [0.4, 0.5) is 5.69 Å². The van der Waals surface area contributed by atoms with Crippen LogP contribution in [0.5, 0.6) is 11.5 Å². The second-order valence-corrected chi connectivity index (χ2v) is 12.4. The van der Waals surface area contributed by atoms with Gasteiger partial charge in [0.2, 0.25) is 5.91 Å². The van der Waals surface area contributed by atoms with Gasteiger partial charge in [-0.2, -0.15) is 5.10 Å². The molecule has 1 aliphatic heterocycles. The first-order valence-corrected chi connectivity index (χ1v) is 15.8. The molecule has 0 radical (unpaired) electrons. The fourth-order valence-corrected chi connectivity index (χ4v) is 6.46. The number of aromatic nitrogens is 3. The maximum Gasteiger partial charge on any atom is 0.264 e. The van der Waals surface area contributed by atoms with Gasteiger partial charge in [0.15, 0.2) is 0 Å². The van der Waals surface area contributed by atoms with Gasteiger partial charge in [-0.25, -0.2) is 4.68 Å². The van der Waals surface area contributed by atoms with E-state index in [0.29, 0.717) is 27.1 Å². The summed E-state index contributed by atoms with van der Waals surface area (Å²) in [6.45, 7) is 1.27. The fraction of sp³-hybridized carbons (Fsp3) is 0.235. The quantitative estimate of drug-likeness (QED) is 0.163. The third kappa shape index (κ3) is 6.72. The Morgan fingerprint density at radius 2 is 1.69 bits per heavy atom. The Kier molecular flexibility index (Phi) is 9.13. The summed E-state index contributed by atoms with van der Waals surface area (Å²) in [4.78, 5) is 34.8. The highest BCUT2D eigenvalue weighted by Crippen LogP contribution is 2.31. The van der Waals surface area contributed by atoms with E-state index < -0.39 is 0 Å². The Balaban J connectivity index is 1.37. The molecule has 4 heterocycles. The van der Waals surface area contributed by atoms with Crippen LogP contribution in [0.1, 0.15) is 40.1 Å². The lowest BCUT2D eigenvalue weighted by Gasteiger charge is -2.26. The summed E-state index contributed by atoms with van der Waals surface area (Å²) < 4.78 is 13.4. The molecule has 1 fully saturated rings. The van der Waals surface area contributed by atoms with Gasteiger partial charge in [-0.05, 0) is 73.5 Å². The third-order valence-electron chi connectivity index (χ3n) is 7.78. The van der Waals surface area contributed by atoms with Crippen molar-refractivity contribution in [1.82, 2.24) is 19.7 Å². The second kappa shape index (κ2) is 13.5. The average Bonchev–Trinajstić information content (AvgIpc) is 3.71. The van der Waals surface area contributed by atoms with Gasteiger partial charge >= 0.3 is 0 Å². The van der Waals surface area contributed by atoms with Gasteiger partial charge in [-0.1, -0.05) is 11.6 Å². The van der Waals surface area contributed by atoms with Crippen LogP contribution in [0, 0.1) is 0 Å². The van der Waals surface area contributed by atoms with Crippen molar-refractivity contribution in [3.63, 3.8) is 0 Å². The van der Waals surface area contributed by atoms with E-state index in [9.17, 15) is 9.59 Å². The molecule has 0 aliphatic carbocycles. The molecule has 0 bridgehead atoms. The summed E-state index contributed by atoms with van der Waals surface area (Å²) in [5.74, 6) is 1.28. The van der Waals surface area contributed by atoms with Crippen molar-refractivity contribution in [3.05, 3.63) is 106 Å². The third-order valence-corrected chi connectivity index (χ3v) is 9.00. The summed E-state index contributed by atoms with van der Waals surface area (Å²) in [5.41, 5.74) is 5.00. The molecule has 6 rings (SSSR count). The predicted molar refractivity (Wildman–Crippen MR) is 175 cm³/mol. The van der Waals surface area contributed by atoms with Gasteiger partial charge in [0.1, 0.15) is 11.5 Å². The van der Waals surface area contributed by atoms with E-state index in [1.165, 1.54) is 11.3 Å². The first kappa shape index (κ1) is 30.4. The monoisotopic (exact) mass is 641 g/mol. The highest BCUT2D eigenvalue weighted by atomic mass is 35.5. The lowest BCUT2D eigenvalue weighted by molar-refractivity contribution is -0.119.